The number of carbonyl (C=O) groups is 2. The zero-order chi connectivity index (χ0) is 13.4. The SMILES string of the molecule is CC(C)N(CCCC(=O)O)CCC(=O)N(C)C. The van der Waals surface area contributed by atoms with E-state index >= 15 is 0 Å². The van der Waals surface area contributed by atoms with Crippen LogP contribution in [0, 0.1) is 0 Å². The summed E-state index contributed by atoms with van der Waals surface area (Å²) in [7, 11) is 3.49. The van der Waals surface area contributed by atoms with Gasteiger partial charge >= 0.3 is 5.97 Å². The number of amides is 1. The molecule has 0 spiro atoms. The van der Waals surface area contributed by atoms with Crippen LogP contribution in [0.25, 0.3) is 0 Å². The third-order valence-electron chi connectivity index (χ3n) is 2.68. The standard InChI is InChI=1S/C12H24N2O3/c1-10(2)14(8-5-6-12(16)17)9-7-11(15)13(3)4/h10H,5-9H2,1-4H3,(H,16,17). The van der Waals surface area contributed by atoms with Gasteiger partial charge in [0.05, 0.1) is 0 Å². The summed E-state index contributed by atoms with van der Waals surface area (Å²) in [5.41, 5.74) is 0. The molecule has 1 amide bonds. The minimum absolute atomic E-state index is 0.105. The van der Waals surface area contributed by atoms with Crippen molar-refractivity contribution in [2.75, 3.05) is 27.2 Å². The molecular weight excluding hydrogens is 220 g/mol. The number of aliphatic carboxylic acids is 1. The molecule has 0 saturated heterocycles. The molecule has 0 aliphatic heterocycles. The van der Waals surface area contributed by atoms with E-state index in [4.69, 9.17) is 5.11 Å². The van der Waals surface area contributed by atoms with Crippen LogP contribution in [-0.4, -0.2) is 60.0 Å². The van der Waals surface area contributed by atoms with Crippen LogP contribution in [0.5, 0.6) is 0 Å². The molecule has 0 radical (unpaired) electrons. The molecule has 17 heavy (non-hydrogen) atoms. The van der Waals surface area contributed by atoms with Crippen molar-refractivity contribution in [2.45, 2.75) is 39.2 Å². The molecule has 0 aromatic rings. The maximum absolute atomic E-state index is 11.5. The van der Waals surface area contributed by atoms with Crippen molar-refractivity contribution in [2.24, 2.45) is 0 Å². The highest BCUT2D eigenvalue weighted by Gasteiger charge is 2.12. The second-order valence-corrected chi connectivity index (χ2v) is 4.67. The summed E-state index contributed by atoms with van der Waals surface area (Å²) < 4.78 is 0. The highest BCUT2D eigenvalue weighted by Crippen LogP contribution is 2.04. The molecule has 0 heterocycles. The zero-order valence-electron chi connectivity index (χ0n) is 11.3. The topological polar surface area (TPSA) is 60.9 Å². The molecule has 0 aromatic carbocycles. The third-order valence-corrected chi connectivity index (χ3v) is 2.68. The van der Waals surface area contributed by atoms with Gasteiger partial charge in [-0.05, 0) is 26.8 Å². The number of rotatable bonds is 8. The van der Waals surface area contributed by atoms with E-state index in [0.29, 0.717) is 25.4 Å². The number of carbonyl (C=O) groups excluding carboxylic acids is 1. The summed E-state index contributed by atoms with van der Waals surface area (Å²) in [6.45, 7) is 5.53. The van der Waals surface area contributed by atoms with Crippen LogP contribution in [0.2, 0.25) is 0 Å². The zero-order valence-corrected chi connectivity index (χ0v) is 11.3. The fourth-order valence-corrected chi connectivity index (χ4v) is 1.52. The molecule has 0 unspecified atom stereocenters. The molecule has 0 rings (SSSR count). The number of nitrogens with zero attached hydrogens (tertiary/aromatic N) is 2. The molecule has 0 bridgehead atoms. The summed E-state index contributed by atoms with van der Waals surface area (Å²) in [5.74, 6) is -0.660. The van der Waals surface area contributed by atoms with Crippen molar-refractivity contribution in [1.29, 1.82) is 0 Å². The molecule has 0 fully saturated rings. The van der Waals surface area contributed by atoms with Crippen LogP contribution in [0.3, 0.4) is 0 Å². The lowest BCUT2D eigenvalue weighted by Gasteiger charge is -2.26. The number of carboxylic acid groups (broad SMARTS) is 1. The van der Waals surface area contributed by atoms with E-state index in [1.54, 1.807) is 19.0 Å². The van der Waals surface area contributed by atoms with Gasteiger partial charge in [-0.25, -0.2) is 0 Å². The monoisotopic (exact) mass is 244 g/mol. The normalized spacial score (nSPS) is 10.9. The van der Waals surface area contributed by atoms with Gasteiger partial charge in [-0.3, -0.25) is 9.59 Å². The Hall–Kier alpha value is -1.10. The van der Waals surface area contributed by atoms with Crippen molar-refractivity contribution < 1.29 is 14.7 Å². The Morgan fingerprint density at radius 2 is 1.71 bits per heavy atom. The lowest BCUT2D eigenvalue weighted by atomic mass is 10.2. The van der Waals surface area contributed by atoms with E-state index in [2.05, 4.69) is 18.7 Å². The van der Waals surface area contributed by atoms with E-state index in [1.165, 1.54) is 0 Å². The molecule has 0 aliphatic carbocycles. The third kappa shape index (κ3) is 7.74. The van der Waals surface area contributed by atoms with E-state index in [0.717, 1.165) is 6.54 Å². The Labute approximate surface area is 103 Å². The second-order valence-electron chi connectivity index (χ2n) is 4.67. The molecule has 0 atom stereocenters. The highest BCUT2D eigenvalue weighted by molar-refractivity contribution is 5.75. The predicted octanol–water partition coefficient (Wildman–Crippen LogP) is 1.04. The van der Waals surface area contributed by atoms with Gasteiger partial charge in [0, 0.05) is 39.5 Å². The van der Waals surface area contributed by atoms with Crippen LogP contribution >= 0.6 is 0 Å². The molecule has 5 heteroatoms. The summed E-state index contributed by atoms with van der Waals surface area (Å²) >= 11 is 0. The lowest BCUT2D eigenvalue weighted by molar-refractivity contribution is -0.137. The Balaban J connectivity index is 3.99. The van der Waals surface area contributed by atoms with Crippen molar-refractivity contribution in [3.63, 3.8) is 0 Å². The van der Waals surface area contributed by atoms with E-state index in [9.17, 15) is 9.59 Å². The Morgan fingerprint density at radius 1 is 1.12 bits per heavy atom. The number of hydrogen-bond donors (Lipinski definition) is 1. The summed E-state index contributed by atoms with van der Waals surface area (Å²) in [6, 6.07) is 0.332. The Kier molecular flexibility index (Phi) is 7.54. The van der Waals surface area contributed by atoms with Gasteiger partial charge in [-0.2, -0.15) is 0 Å². The lowest BCUT2D eigenvalue weighted by Crippen LogP contribution is -2.35. The van der Waals surface area contributed by atoms with Crippen LogP contribution in [0.1, 0.15) is 33.1 Å². The average Bonchev–Trinajstić information content (AvgIpc) is 2.21. The minimum atomic E-state index is -0.766. The van der Waals surface area contributed by atoms with Gasteiger partial charge < -0.3 is 14.9 Å². The van der Waals surface area contributed by atoms with Crippen molar-refractivity contribution in [3.8, 4) is 0 Å². The molecule has 5 nitrogen and oxygen atoms in total. The van der Waals surface area contributed by atoms with Gasteiger partial charge in [0.25, 0.3) is 0 Å². The van der Waals surface area contributed by atoms with Crippen molar-refractivity contribution >= 4 is 11.9 Å². The largest absolute Gasteiger partial charge is 0.481 e. The van der Waals surface area contributed by atoms with Crippen molar-refractivity contribution in [1.82, 2.24) is 9.80 Å². The summed E-state index contributed by atoms with van der Waals surface area (Å²) in [6.07, 6.45) is 1.30. The van der Waals surface area contributed by atoms with Crippen LogP contribution in [0.4, 0.5) is 0 Å². The molecule has 1 N–H and O–H groups in total. The van der Waals surface area contributed by atoms with Crippen molar-refractivity contribution in [3.05, 3.63) is 0 Å². The molecular formula is C12H24N2O3. The fourth-order valence-electron chi connectivity index (χ4n) is 1.52. The van der Waals surface area contributed by atoms with Gasteiger partial charge in [0.15, 0.2) is 0 Å². The molecule has 0 saturated carbocycles. The maximum Gasteiger partial charge on any atom is 0.303 e. The van der Waals surface area contributed by atoms with Crippen LogP contribution < -0.4 is 0 Å². The number of carboxylic acids is 1. The minimum Gasteiger partial charge on any atom is -0.481 e. The Morgan fingerprint density at radius 3 is 2.12 bits per heavy atom. The first-order chi connectivity index (χ1) is 7.84. The molecule has 0 aliphatic rings. The first kappa shape index (κ1) is 15.9. The first-order valence-corrected chi connectivity index (χ1v) is 6.00. The average molecular weight is 244 g/mol. The second kappa shape index (κ2) is 8.06. The van der Waals surface area contributed by atoms with Gasteiger partial charge in [0.1, 0.15) is 0 Å². The fraction of sp³-hybridized carbons (Fsp3) is 0.833. The Bertz CT molecular complexity index is 252. The number of hydrogen-bond acceptors (Lipinski definition) is 3. The van der Waals surface area contributed by atoms with Crippen LogP contribution in [0.15, 0.2) is 0 Å². The van der Waals surface area contributed by atoms with Gasteiger partial charge in [-0.15, -0.1) is 0 Å². The highest BCUT2D eigenvalue weighted by atomic mass is 16.4. The maximum atomic E-state index is 11.5. The van der Waals surface area contributed by atoms with Gasteiger partial charge in [-0.1, -0.05) is 0 Å². The van der Waals surface area contributed by atoms with Gasteiger partial charge in [0.2, 0.25) is 5.91 Å². The molecule has 0 aromatic heterocycles. The first-order valence-electron chi connectivity index (χ1n) is 6.00. The quantitative estimate of drug-likeness (QED) is 0.693. The van der Waals surface area contributed by atoms with E-state index < -0.39 is 5.97 Å². The summed E-state index contributed by atoms with van der Waals surface area (Å²) in [4.78, 5) is 25.6. The van der Waals surface area contributed by atoms with E-state index in [-0.39, 0.29) is 12.3 Å². The van der Waals surface area contributed by atoms with E-state index in [1.807, 2.05) is 0 Å². The van der Waals surface area contributed by atoms with Crippen LogP contribution in [-0.2, 0) is 9.59 Å². The smallest absolute Gasteiger partial charge is 0.303 e. The predicted molar refractivity (Wildman–Crippen MR) is 66.9 cm³/mol. The molecule has 100 valence electrons. The summed E-state index contributed by atoms with van der Waals surface area (Å²) in [5, 5.41) is 8.58.